The SMILES string of the molecule is CCN1CCN/C1=N/NN. The lowest BCUT2D eigenvalue weighted by Gasteiger charge is -2.13. The summed E-state index contributed by atoms with van der Waals surface area (Å²) >= 11 is 0. The minimum absolute atomic E-state index is 0.838. The Hall–Kier alpha value is -0.970. The first-order chi connectivity index (χ1) is 4.88. The average Bonchev–Trinajstić information content (AvgIpc) is 2.36. The molecule has 5 nitrogen and oxygen atoms in total. The molecule has 1 heterocycles. The topological polar surface area (TPSA) is 65.7 Å². The van der Waals surface area contributed by atoms with Crippen LogP contribution in [0.3, 0.4) is 0 Å². The Bertz CT molecular complexity index is 132. The van der Waals surface area contributed by atoms with Crippen LogP contribution < -0.4 is 16.7 Å². The molecule has 0 bridgehead atoms. The van der Waals surface area contributed by atoms with Crippen LogP contribution in [0.15, 0.2) is 5.10 Å². The molecule has 0 atom stereocenters. The van der Waals surface area contributed by atoms with Gasteiger partial charge in [0.2, 0.25) is 5.96 Å². The maximum Gasteiger partial charge on any atom is 0.217 e. The summed E-state index contributed by atoms with van der Waals surface area (Å²) in [6.45, 7) is 5.01. The van der Waals surface area contributed by atoms with Gasteiger partial charge in [-0.15, -0.1) is 5.10 Å². The number of nitrogens with zero attached hydrogens (tertiary/aromatic N) is 2. The van der Waals surface area contributed by atoms with Crippen LogP contribution in [-0.2, 0) is 0 Å². The van der Waals surface area contributed by atoms with Gasteiger partial charge in [0, 0.05) is 19.6 Å². The minimum atomic E-state index is 0.838. The molecule has 0 unspecified atom stereocenters. The molecule has 5 heteroatoms. The smallest absolute Gasteiger partial charge is 0.217 e. The Morgan fingerprint density at radius 1 is 1.90 bits per heavy atom. The molecular weight excluding hydrogens is 130 g/mol. The van der Waals surface area contributed by atoms with Crippen molar-refractivity contribution in [2.75, 3.05) is 19.6 Å². The van der Waals surface area contributed by atoms with Gasteiger partial charge in [-0.1, -0.05) is 0 Å². The molecule has 1 aliphatic rings. The van der Waals surface area contributed by atoms with Crippen molar-refractivity contribution < 1.29 is 0 Å². The van der Waals surface area contributed by atoms with E-state index in [-0.39, 0.29) is 0 Å². The fourth-order valence-corrected chi connectivity index (χ4v) is 1.000. The maximum atomic E-state index is 5.02. The summed E-state index contributed by atoms with van der Waals surface area (Å²) < 4.78 is 0. The van der Waals surface area contributed by atoms with E-state index in [4.69, 9.17) is 5.84 Å². The van der Waals surface area contributed by atoms with Crippen LogP contribution in [0.1, 0.15) is 6.92 Å². The van der Waals surface area contributed by atoms with Crippen molar-refractivity contribution >= 4 is 5.96 Å². The number of hydrazine groups is 1. The van der Waals surface area contributed by atoms with Gasteiger partial charge < -0.3 is 10.2 Å². The first-order valence-electron chi connectivity index (χ1n) is 3.40. The normalized spacial score (nSPS) is 21.4. The highest BCUT2D eigenvalue weighted by molar-refractivity contribution is 5.81. The van der Waals surface area contributed by atoms with Gasteiger partial charge in [0.15, 0.2) is 0 Å². The highest BCUT2D eigenvalue weighted by Gasteiger charge is 2.14. The standard InChI is InChI=1S/C5H13N5/c1-2-10-4-3-7-5(10)8-9-6/h9H,2-4,6H2,1H3,(H,7,8). The lowest BCUT2D eigenvalue weighted by atomic mass is 10.6. The molecule has 1 saturated heterocycles. The van der Waals surface area contributed by atoms with Crippen molar-refractivity contribution in [3.8, 4) is 0 Å². The second-order valence-electron chi connectivity index (χ2n) is 2.07. The molecule has 0 aromatic rings. The van der Waals surface area contributed by atoms with E-state index in [2.05, 4.69) is 27.8 Å². The molecule has 0 saturated carbocycles. The largest absolute Gasteiger partial charge is 0.353 e. The summed E-state index contributed by atoms with van der Waals surface area (Å²) in [7, 11) is 0. The molecule has 1 fully saturated rings. The number of rotatable bonds is 2. The second kappa shape index (κ2) is 3.26. The molecule has 0 spiro atoms. The summed E-state index contributed by atoms with van der Waals surface area (Å²) in [5.74, 6) is 5.86. The highest BCUT2D eigenvalue weighted by Crippen LogP contribution is 1.93. The molecule has 58 valence electrons. The van der Waals surface area contributed by atoms with Crippen LogP contribution in [0.2, 0.25) is 0 Å². The molecule has 4 N–H and O–H groups in total. The number of nitrogens with two attached hydrogens (primary N) is 1. The fraction of sp³-hybridized carbons (Fsp3) is 0.800. The van der Waals surface area contributed by atoms with Crippen LogP contribution in [0.4, 0.5) is 0 Å². The lowest BCUT2D eigenvalue weighted by molar-refractivity contribution is 0.483. The van der Waals surface area contributed by atoms with Crippen molar-refractivity contribution in [1.82, 2.24) is 15.8 Å². The third kappa shape index (κ3) is 1.30. The van der Waals surface area contributed by atoms with Crippen LogP contribution in [0, 0.1) is 0 Å². The molecule has 0 radical (unpaired) electrons. The molecule has 1 rings (SSSR count). The highest BCUT2D eigenvalue weighted by atomic mass is 15.5. The molecule has 0 aliphatic carbocycles. The molecule has 1 aliphatic heterocycles. The van der Waals surface area contributed by atoms with Crippen molar-refractivity contribution in [1.29, 1.82) is 0 Å². The summed E-state index contributed by atoms with van der Waals surface area (Å²) in [6.07, 6.45) is 0. The minimum Gasteiger partial charge on any atom is -0.353 e. The van der Waals surface area contributed by atoms with E-state index in [0.29, 0.717) is 0 Å². The van der Waals surface area contributed by atoms with E-state index in [9.17, 15) is 0 Å². The summed E-state index contributed by atoms with van der Waals surface area (Å²) in [4.78, 5) is 2.11. The van der Waals surface area contributed by atoms with Crippen LogP contribution in [0.25, 0.3) is 0 Å². The molecular formula is C5H13N5. The second-order valence-corrected chi connectivity index (χ2v) is 2.07. The van der Waals surface area contributed by atoms with Gasteiger partial charge in [-0.25, -0.2) is 11.4 Å². The van der Waals surface area contributed by atoms with Crippen LogP contribution in [-0.4, -0.2) is 30.5 Å². The Balaban J connectivity index is 2.49. The monoisotopic (exact) mass is 143 g/mol. The predicted molar refractivity (Wildman–Crippen MR) is 40.0 cm³/mol. The van der Waals surface area contributed by atoms with E-state index in [1.807, 2.05) is 0 Å². The number of hydrogen-bond donors (Lipinski definition) is 3. The van der Waals surface area contributed by atoms with E-state index >= 15 is 0 Å². The number of nitrogens with one attached hydrogen (secondary N) is 2. The Morgan fingerprint density at radius 3 is 3.30 bits per heavy atom. The van der Waals surface area contributed by atoms with Gasteiger partial charge in [0.25, 0.3) is 0 Å². The first-order valence-corrected chi connectivity index (χ1v) is 3.40. The molecule has 0 aromatic carbocycles. The van der Waals surface area contributed by atoms with E-state index < -0.39 is 0 Å². The van der Waals surface area contributed by atoms with Crippen molar-refractivity contribution in [2.45, 2.75) is 6.92 Å². The number of guanidine groups is 1. The number of likely N-dealkylation sites (N-methyl/N-ethyl adjacent to an activating group) is 1. The Labute approximate surface area is 60.2 Å². The van der Waals surface area contributed by atoms with Gasteiger partial charge in [-0.3, -0.25) is 0 Å². The quantitative estimate of drug-likeness (QED) is 0.330. The zero-order valence-electron chi connectivity index (χ0n) is 6.09. The zero-order chi connectivity index (χ0) is 7.40. The Morgan fingerprint density at radius 2 is 2.70 bits per heavy atom. The van der Waals surface area contributed by atoms with Crippen molar-refractivity contribution in [3.05, 3.63) is 0 Å². The van der Waals surface area contributed by atoms with E-state index in [1.54, 1.807) is 0 Å². The number of hydrogen-bond acceptors (Lipinski definition) is 3. The van der Waals surface area contributed by atoms with Crippen LogP contribution >= 0.6 is 0 Å². The molecule has 10 heavy (non-hydrogen) atoms. The zero-order valence-corrected chi connectivity index (χ0v) is 6.09. The fourth-order valence-electron chi connectivity index (χ4n) is 1.000. The summed E-state index contributed by atoms with van der Waals surface area (Å²) in [5.41, 5.74) is 2.26. The average molecular weight is 143 g/mol. The molecule has 0 aromatic heterocycles. The summed E-state index contributed by atoms with van der Waals surface area (Å²) in [5, 5.41) is 6.93. The lowest BCUT2D eigenvalue weighted by Crippen LogP contribution is -2.33. The Kier molecular flexibility index (Phi) is 2.33. The molecule has 0 amide bonds. The summed E-state index contributed by atoms with van der Waals surface area (Å²) in [6, 6.07) is 0. The van der Waals surface area contributed by atoms with E-state index in [1.165, 1.54) is 0 Å². The number of hydrazone groups is 1. The first kappa shape index (κ1) is 7.14. The van der Waals surface area contributed by atoms with Gasteiger partial charge in [-0.2, -0.15) is 0 Å². The van der Waals surface area contributed by atoms with Crippen molar-refractivity contribution in [3.63, 3.8) is 0 Å². The van der Waals surface area contributed by atoms with Gasteiger partial charge in [-0.05, 0) is 6.92 Å². The van der Waals surface area contributed by atoms with E-state index in [0.717, 1.165) is 25.6 Å². The van der Waals surface area contributed by atoms with Crippen LogP contribution in [0.5, 0.6) is 0 Å². The third-order valence-electron chi connectivity index (χ3n) is 1.52. The van der Waals surface area contributed by atoms with Gasteiger partial charge >= 0.3 is 0 Å². The van der Waals surface area contributed by atoms with Gasteiger partial charge in [0.1, 0.15) is 0 Å². The maximum absolute atomic E-state index is 5.02. The predicted octanol–water partition coefficient (Wildman–Crippen LogP) is -1.35. The third-order valence-corrected chi connectivity index (χ3v) is 1.52. The van der Waals surface area contributed by atoms with Gasteiger partial charge in [0.05, 0.1) is 0 Å². The van der Waals surface area contributed by atoms with Crippen molar-refractivity contribution in [2.24, 2.45) is 10.9 Å².